The highest BCUT2D eigenvalue weighted by atomic mass is 32.2. The van der Waals surface area contributed by atoms with Crippen molar-refractivity contribution in [2.75, 3.05) is 6.54 Å². The molecule has 4 nitrogen and oxygen atoms in total. The molecule has 0 aromatic heterocycles. The number of piperidine rings is 1. The summed E-state index contributed by atoms with van der Waals surface area (Å²) >= 11 is 0. The smallest absolute Gasteiger partial charge is 0.313 e. The SMILES string of the molecule is CC1NCCCC1NS(=O)(=O)Cc1cccc(C(F)(F)F)c1. The molecule has 1 heterocycles. The van der Waals surface area contributed by atoms with Crippen LogP contribution >= 0.6 is 0 Å². The maximum absolute atomic E-state index is 12.7. The molecule has 2 N–H and O–H groups in total. The van der Waals surface area contributed by atoms with Crippen LogP contribution in [-0.4, -0.2) is 27.0 Å². The van der Waals surface area contributed by atoms with Crippen molar-refractivity contribution in [2.24, 2.45) is 0 Å². The predicted octanol–water partition coefficient (Wildman–Crippen LogP) is 2.27. The lowest BCUT2D eigenvalue weighted by molar-refractivity contribution is -0.137. The molecule has 2 rings (SSSR count). The molecule has 0 spiro atoms. The van der Waals surface area contributed by atoms with E-state index in [0.29, 0.717) is 0 Å². The van der Waals surface area contributed by atoms with Gasteiger partial charge in [-0.05, 0) is 37.9 Å². The summed E-state index contributed by atoms with van der Waals surface area (Å²) in [5, 5.41) is 3.17. The molecule has 2 atom stereocenters. The van der Waals surface area contributed by atoms with E-state index in [1.165, 1.54) is 12.1 Å². The van der Waals surface area contributed by atoms with Gasteiger partial charge in [-0.3, -0.25) is 0 Å². The Morgan fingerprint density at radius 2 is 2.09 bits per heavy atom. The van der Waals surface area contributed by atoms with Crippen LogP contribution in [0.25, 0.3) is 0 Å². The largest absolute Gasteiger partial charge is 0.416 e. The minimum atomic E-state index is -4.48. The van der Waals surface area contributed by atoms with E-state index in [-0.39, 0.29) is 17.6 Å². The average Bonchev–Trinajstić information content (AvgIpc) is 2.40. The van der Waals surface area contributed by atoms with Crippen LogP contribution < -0.4 is 10.0 Å². The third kappa shape index (κ3) is 4.69. The fourth-order valence-corrected chi connectivity index (χ4v) is 4.02. The first-order valence-corrected chi connectivity index (χ1v) is 8.72. The highest BCUT2D eigenvalue weighted by molar-refractivity contribution is 7.88. The van der Waals surface area contributed by atoms with Crippen LogP contribution in [0.1, 0.15) is 30.9 Å². The Balaban J connectivity index is 2.08. The van der Waals surface area contributed by atoms with Crippen molar-refractivity contribution in [1.29, 1.82) is 0 Å². The van der Waals surface area contributed by atoms with E-state index in [9.17, 15) is 21.6 Å². The maximum Gasteiger partial charge on any atom is 0.416 e. The van der Waals surface area contributed by atoms with Gasteiger partial charge in [0, 0.05) is 12.1 Å². The van der Waals surface area contributed by atoms with Gasteiger partial charge < -0.3 is 5.32 Å². The summed E-state index contributed by atoms with van der Waals surface area (Å²) in [4.78, 5) is 0. The molecule has 0 aliphatic carbocycles. The van der Waals surface area contributed by atoms with Crippen molar-refractivity contribution in [3.05, 3.63) is 35.4 Å². The number of hydrogen-bond donors (Lipinski definition) is 2. The van der Waals surface area contributed by atoms with Gasteiger partial charge >= 0.3 is 6.18 Å². The van der Waals surface area contributed by atoms with Gasteiger partial charge in [0.15, 0.2) is 0 Å². The van der Waals surface area contributed by atoms with Gasteiger partial charge in [-0.1, -0.05) is 18.2 Å². The van der Waals surface area contributed by atoms with E-state index in [0.717, 1.165) is 31.5 Å². The second-order valence-corrected chi connectivity index (χ2v) is 7.32. The molecule has 1 aliphatic heterocycles. The van der Waals surface area contributed by atoms with Gasteiger partial charge in [-0.2, -0.15) is 13.2 Å². The summed E-state index contributed by atoms with van der Waals surface area (Å²) in [6.45, 7) is 2.73. The van der Waals surface area contributed by atoms with Crippen molar-refractivity contribution in [2.45, 2.75) is 43.8 Å². The molecule has 1 aromatic rings. The lowest BCUT2D eigenvalue weighted by Gasteiger charge is -2.30. The molecular weight excluding hydrogens is 317 g/mol. The van der Waals surface area contributed by atoms with Crippen LogP contribution in [0.5, 0.6) is 0 Å². The lowest BCUT2D eigenvalue weighted by atomic mass is 10.0. The quantitative estimate of drug-likeness (QED) is 0.887. The molecule has 1 saturated heterocycles. The number of rotatable bonds is 4. The van der Waals surface area contributed by atoms with Crippen molar-refractivity contribution in [3.63, 3.8) is 0 Å². The summed E-state index contributed by atoms with van der Waals surface area (Å²) in [5.41, 5.74) is -0.716. The standard InChI is InChI=1S/C14H19F3N2O2S/c1-10-13(6-3-7-18-10)19-22(20,21)9-11-4-2-5-12(8-11)14(15,16)17/h2,4-5,8,10,13,18-19H,3,6-7,9H2,1H3. The molecule has 0 saturated carbocycles. The van der Waals surface area contributed by atoms with E-state index >= 15 is 0 Å². The van der Waals surface area contributed by atoms with Crippen molar-refractivity contribution < 1.29 is 21.6 Å². The number of benzene rings is 1. The summed E-state index contributed by atoms with van der Waals surface area (Å²) < 4.78 is 64.8. The lowest BCUT2D eigenvalue weighted by Crippen LogP contribution is -2.52. The van der Waals surface area contributed by atoms with Gasteiger partial charge in [-0.25, -0.2) is 13.1 Å². The Bertz CT molecular complexity index is 617. The summed E-state index contributed by atoms with van der Waals surface area (Å²) in [5.74, 6) is -0.458. The Morgan fingerprint density at radius 3 is 2.73 bits per heavy atom. The van der Waals surface area contributed by atoms with E-state index in [1.807, 2.05) is 6.92 Å². The minimum Gasteiger partial charge on any atom is -0.313 e. The Morgan fingerprint density at radius 1 is 1.36 bits per heavy atom. The van der Waals surface area contributed by atoms with Gasteiger partial charge in [0.05, 0.1) is 11.3 Å². The van der Waals surface area contributed by atoms with E-state index in [4.69, 9.17) is 0 Å². The summed E-state index contributed by atoms with van der Waals surface area (Å²) in [6.07, 6.45) is -2.90. The maximum atomic E-state index is 12.7. The first-order chi connectivity index (χ1) is 10.2. The molecular formula is C14H19F3N2O2S. The van der Waals surface area contributed by atoms with Crippen molar-refractivity contribution in [1.82, 2.24) is 10.0 Å². The molecule has 1 aromatic carbocycles. The van der Waals surface area contributed by atoms with Crippen LogP contribution in [0, 0.1) is 0 Å². The predicted molar refractivity (Wildman–Crippen MR) is 77.7 cm³/mol. The zero-order valence-corrected chi connectivity index (χ0v) is 13.0. The topological polar surface area (TPSA) is 58.2 Å². The van der Waals surface area contributed by atoms with E-state index in [1.54, 1.807) is 0 Å². The molecule has 0 bridgehead atoms. The van der Waals surface area contributed by atoms with Gasteiger partial charge in [0.25, 0.3) is 0 Å². The molecule has 1 fully saturated rings. The molecule has 8 heteroatoms. The summed E-state index contributed by atoms with van der Waals surface area (Å²) in [7, 11) is -3.69. The Kier molecular flexibility index (Phi) is 5.14. The zero-order valence-electron chi connectivity index (χ0n) is 12.2. The van der Waals surface area contributed by atoms with Gasteiger partial charge in [0.2, 0.25) is 10.0 Å². The Labute approximate surface area is 128 Å². The van der Waals surface area contributed by atoms with Crippen LogP contribution in [0.3, 0.4) is 0 Å². The first-order valence-electron chi connectivity index (χ1n) is 7.07. The van der Waals surface area contributed by atoms with Crippen LogP contribution in [-0.2, 0) is 22.0 Å². The second kappa shape index (κ2) is 6.55. The number of hydrogen-bond acceptors (Lipinski definition) is 3. The van der Waals surface area contributed by atoms with Crippen LogP contribution in [0.2, 0.25) is 0 Å². The van der Waals surface area contributed by atoms with E-state index in [2.05, 4.69) is 10.0 Å². The fourth-order valence-electron chi connectivity index (χ4n) is 2.53. The van der Waals surface area contributed by atoms with E-state index < -0.39 is 27.5 Å². The number of halogens is 3. The van der Waals surface area contributed by atoms with Crippen molar-refractivity contribution in [3.8, 4) is 0 Å². The Hall–Kier alpha value is -1.12. The third-order valence-electron chi connectivity index (χ3n) is 3.70. The molecule has 2 unspecified atom stereocenters. The monoisotopic (exact) mass is 336 g/mol. The van der Waals surface area contributed by atoms with Gasteiger partial charge in [0.1, 0.15) is 0 Å². The highest BCUT2D eigenvalue weighted by Gasteiger charge is 2.31. The molecule has 0 amide bonds. The normalized spacial score (nSPS) is 23.5. The highest BCUT2D eigenvalue weighted by Crippen LogP contribution is 2.29. The fraction of sp³-hybridized carbons (Fsp3) is 0.571. The molecule has 124 valence electrons. The third-order valence-corrected chi connectivity index (χ3v) is 5.08. The number of nitrogens with one attached hydrogen (secondary N) is 2. The average molecular weight is 336 g/mol. The van der Waals surface area contributed by atoms with Crippen LogP contribution in [0.4, 0.5) is 13.2 Å². The van der Waals surface area contributed by atoms with Crippen molar-refractivity contribution >= 4 is 10.0 Å². The zero-order chi connectivity index (χ0) is 16.4. The van der Waals surface area contributed by atoms with Crippen LogP contribution in [0.15, 0.2) is 24.3 Å². The second-order valence-electron chi connectivity index (χ2n) is 5.57. The number of alkyl halides is 3. The van der Waals surface area contributed by atoms with Gasteiger partial charge in [-0.15, -0.1) is 0 Å². The minimum absolute atomic E-state index is 0.00466. The summed E-state index contributed by atoms with van der Waals surface area (Å²) in [6, 6.07) is 4.18. The molecule has 22 heavy (non-hydrogen) atoms. The molecule has 0 radical (unpaired) electrons. The first kappa shape index (κ1) is 17.2. The number of sulfonamides is 1. The molecule has 1 aliphatic rings.